The van der Waals surface area contributed by atoms with Gasteiger partial charge in [0.15, 0.2) is 22.3 Å². The molecule has 0 radical (unpaired) electrons. The molecule has 0 N–H and O–H groups in total. The Morgan fingerprint density at radius 1 is 1.00 bits per heavy atom. The molecule has 3 rings (SSSR count). The van der Waals surface area contributed by atoms with E-state index in [2.05, 4.69) is 15.0 Å². The molecule has 0 bridgehead atoms. The van der Waals surface area contributed by atoms with Gasteiger partial charge in [-0.05, 0) is 17.7 Å². The van der Waals surface area contributed by atoms with Gasteiger partial charge in [0.25, 0.3) is 0 Å². The van der Waals surface area contributed by atoms with Gasteiger partial charge in [0.2, 0.25) is 5.75 Å². The molecule has 2 heterocycles. The fourth-order valence-corrected chi connectivity index (χ4v) is 2.65. The van der Waals surface area contributed by atoms with Crippen LogP contribution in [0.5, 0.6) is 17.2 Å². The van der Waals surface area contributed by atoms with E-state index >= 15 is 0 Å². The van der Waals surface area contributed by atoms with Gasteiger partial charge in [0.1, 0.15) is 11.8 Å². The first-order chi connectivity index (χ1) is 11.2. The number of methoxy groups -OCH3 is 3. The summed E-state index contributed by atoms with van der Waals surface area (Å²) in [7, 11) is 4.73. The highest BCUT2D eigenvalue weighted by Gasteiger charge is 2.15. The van der Waals surface area contributed by atoms with Crippen molar-refractivity contribution in [3.8, 4) is 17.2 Å². The summed E-state index contributed by atoms with van der Waals surface area (Å²) in [5, 5.41) is 0.361. The van der Waals surface area contributed by atoms with Crippen molar-refractivity contribution in [2.24, 2.45) is 0 Å². The van der Waals surface area contributed by atoms with Crippen molar-refractivity contribution in [2.75, 3.05) is 21.3 Å². The smallest absolute Gasteiger partial charge is 0.203 e. The van der Waals surface area contributed by atoms with Crippen LogP contribution in [0, 0.1) is 0 Å². The lowest BCUT2D eigenvalue weighted by atomic mass is 10.1. The normalized spacial score (nSPS) is 10.8. The van der Waals surface area contributed by atoms with E-state index in [0.29, 0.717) is 40.1 Å². The molecule has 0 fully saturated rings. The molecule has 7 nitrogen and oxygen atoms in total. The highest BCUT2D eigenvalue weighted by atomic mass is 35.5. The van der Waals surface area contributed by atoms with E-state index in [4.69, 9.17) is 25.8 Å². The molecule has 2 aromatic heterocycles. The van der Waals surface area contributed by atoms with Crippen molar-refractivity contribution in [1.82, 2.24) is 19.5 Å². The van der Waals surface area contributed by atoms with Crippen molar-refractivity contribution < 1.29 is 14.2 Å². The topological polar surface area (TPSA) is 71.3 Å². The zero-order valence-electron chi connectivity index (χ0n) is 12.9. The second-order valence-corrected chi connectivity index (χ2v) is 5.10. The molecule has 0 aliphatic carbocycles. The van der Waals surface area contributed by atoms with Crippen LogP contribution >= 0.6 is 11.6 Å². The second-order valence-electron chi connectivity index (χ2n) is 4.74. The number of rotatable bonds is 5. The van der Waals surface area contributed by atoms with Gasteiger partial charge in [0.05, 0.1) is 27.7 Å². The largest absolute Gasteiger partial charge is 0.493 e. The molecule has 0 saturated heterocycles. The molecule has 0 atom stereocenters. The number of halogens is 1. The maximum absolute atomic E-state index is 6.15. The second kappa shape index (κ2) is 6.29. The quantitative estimate of drug-likeness (QED) is 0.668. The van der Waals surface area contributed by atoms with Crippen LogP contribution in [0.25, 0.3) is 11.2 Å². The third-order valence-electron chi connectivity index (χ3n) is 3.44. The van der Waals surface area contributed by atoms with Crippen LogP contribution in [0.3, 0.4) is 0 Å². The molecule has 1 aromatic carbocycles. The molecule has 0 unspecified atom stereocenters. The van der Waals surface area contributed by atoms with Crippen LogP contribution < -0.4 is 14.2 Å². The number of imidazole rings is 1. The first-order valence-electron chi connectivity index (χ1n) is 6.78. The average Bonchev–Trinajstić information content (AvgIpc) is 2.98. The van der Waals surface area contributed by atoms with Gasteiger partial charge < -0.3 is 18.8 Å². The van der Waals surface area contributed by atoms with Gasteiger partial charge in [-0.3, -0.25) is 0 Å². The van der Waals surface area contributed by atoms with Crippen molar-refractivity contribution in [3.05, 3.63) is 35.5 Å². The summed E-state index contributed by atoms with van der Waals surface area (Å²) in [6.45, 7) is 0.514. The Balaban J connectivity index is 2.05. The summed E-state index contributed by atoms with van der Waals surface area (Å²) in [5.41, 5.74) is 2.18. The summed E-state index contributed by atoms with van der Waals surface area (Å²) in [4.78, 5) is 12.3. The van der Waals surface area contributed by atoms with Crippen LogP contribution in [-0.4, -0.2) is 40.8 Å². The molecule has 0 spiro atoms. The summed E-state index contributed by atoms with van der Waals surface area (Å²) < 4.78 is 17.9. The van der Waals surface area contributed by atoms with Gasteiger partial charge in [-0.2, -0.15) is 0 Å². The number of ether oxygens (including phenoxy) is 3. The number of nitrogens with zero attached hydrogens (tertiary/aromatic N) is 4. The van der Waals surface area contributed by atoms with E-state index in [1.165, 1.54) is 6.33 Å². The lowest BCUT2D eigenvalue weighted by molar-refractivity contribution is 0.323. The molecule has 0 amide bonds. The molecule has 120 valence electrons. The standard InChI is InChI=1S/C15H15ClN4O3/c1-21-10-4-9(5-11(22-2)13(10)23-3)6-20-8-19-15-12(20)14(16)17-7-18-15/h4-5,7-8H,6H2,1-3H3. The van der Waals surface area contributed by atoms with Gasteiger partial charge in [-0.25, -0.2) is 15.0 Å². The third kappa shape index (κ3) is 2.75. The highest BCUT2D eigenvalue weighted by molar-refractivity contribution is 6.33. The average molecular weight is 335 g/mol. The van der Waals surface area contributed by atoms with Crippen LogP contribution in [0.2, 0.25) is 5.15 Å². The van der Waals surface area contributed by atoms with Crippen LogP contribution in [0.1, 0.15) is 5.56 Å². The van der Waals surface area contributed by atoms with E-state index in [1.807, 2.05) is 16.7 Å². The highest BCUT2D eigenvalue weighted by Crippen LogP contribution is 2.38. The molecule has 0 saturated carbocycles. The first kappa shape index (κ1) is 15.4. The zero-order valence-corrected chi connectivity index (χ0v) is 13.7. The van der Waals surface area contributed by atoms with Gasteiger partial charge in [-0.1, -0.05) is 11.6 Å². The number of benzene rings is 1. The van der Waals surface area contributed by atoms with E-state index in [-0.39, 0.29) is 0 Å². The Labute approximate surface area is 137 Å². The number of aromatic nitrogens is 4. The van der Waals surface area contributed by atoms with E-state index < -0.39 is 0 Å². The van der Waals surface area contributed by atoms with Gasteiger partial charge in [0, 0.05) is 6.54 Å². The summed E-state index contributed by atoms with van der Waals surface area (Å²) in [5.74, 6) is 1.73. The maximum atomic E-state index is 6.15. The van der Waals surface area contributed by atoms with E-state index in [9.17, 15) is 0 Å². The van der Waals surface area contributed by atoms with Crippen molar-refractivity contribution >= 4 is 22.8 Å². The summed E-state index contributed by atoms with van der Waals surface area (Å²) in [6, 6.07) is 3.76. The minimum atomic E-state index is 0.361. The summed E-state index contributed by atoms with van der Waals surface area (Å²) in [6.07, 6.45) is 3.07. The molecule has 8 heteroatoms. The molecule has 0 aliphatic rings. The zero-order chi connectivity index (χ0) is 16.4. The fraction of sp³-hybridized carbons (Fsp3) is 0.267. The number of hydrogen-bond acceptors (Lipinski definition) is 6. The molecule has 23 heavy (non-hydrogen) atoms. The monoisotopic (exact) mass is 334 g/mol. The SMILES string of the molecule is COc1cc(Cn2cnc3ncnc(Cl)c32)cc(OC)c1OC. The van der Waals surface area contributed by atoms with Gasteiger partial charge >= 0.3 is 0 Å². The number of hydrogen-bond donors (Lipinski definition) is 0. The molecule has 0 aliphatic heterocycles. The minimum absolute atomic E-state index is 0.361. The first-order valence-corrected chi connectivity index (χ1v) is 7.16. The van der Waals surface area contributed by atoms with Gasteiger partial charge in [-0.15, -0.1) is 0 Å². The molecular weight excluding hydrogens is 320 g/mol. The van der Waals surface area contributed by atoms with E-state index in [0.717, 1.165) is 5.56 Å². The Morgan fingerprint density at radius 2 is 1.70 bits per heavy atom. The predicted octanol–water partition coefficient (Wildman–Crippen LogP) is 2.55. The van der Waals surface area contributed by atoms with Crippen molar-refractivity contribution in [3.63, 3.8) is 0 Å². The Kier molecular flexibility index (Phi) is 4.20. The predicted molar refractivity (Wildman–Crippen MR) is 85.5 cm³/mol. The number of fused-ring (bicyclic) bond motifs is 1. The van der Waals surface area contributed by atoms with Crippen molar-refractivity contribution in [1.29, 1.82) is 0 Å². The molecule has 3 aromatic rings. The van der Waals surface area contributed by atoms with E-state index in [1.54, 1.807) is 27.7 Å². The van der Waals surface area contributed by atoms with Crippen LogP contribution in [0.15, 0.2) is 24.8 Å². The maximum Gasteiger partial charge on any atom is 0.203 e. The van der Waals surface area contributed by atoms with Crippen molar-refractivity contribution in [2.45, 2.75) is 6.54 Å². The fourth-order valence-electron chi connectivity index (χ4n) is 2.42. The Bertz CT molecular complexity index is 825. The molecular formula is C15H15ClN4O3. The van der Waals surface area contributed by atoms with Crippen LogP contribution in [0.4, 0.5) is 0 Å². The van der Waals surface area contributed by atoms with Crippen LogP contribution in [-0.2, 0) is 6.54 Å². The lowest BCUT2D eigenvalue weighted by Gasteiger charge is -2.14. The third-order valence-corrected chi connectivity index (χ3v) is 3.72. The summed E-state index contributed by atoms with van der Waals surface area (Å²) >= 11 is 6.15. The Hall–Kier alpha value is -2.54. The minimum Gasteiger partial charge on any atom is -0.493 e. The Morgan fingerprint density at radius 3 is 2.30 bits per heavy atom. The lowest BCUT2D eigenvalue weighted by Crippen LogP contribution is -2.02.